The van der Waals surface area contributed by atoms with Gasteiger partial charge in [0.2, 0.25) is 0 Å². The molecular weight excluding hydrogens is 491 g/mol. The third-order valence-corrected chi connectivity index (χ3v) is 6.19. The molecule has 38 heavy (non-hydrogen) atoms. The van der Waals surface area contributed by atoms with Gasteiger partial charge in [-0.2, -0.15) is 5.10 Å². The summed E-state index contributed by atoms with van der Waals surface area (Å²) in [6, 6.07) is 16.6. The average Bonchev–Trinajstić information content (AvgIpc) is 3.49. The molecule has 2 aromatic carbocycles. The Balaban J connectivity index is 1.59. The molecule has 1 aliphatic carbocycles. The summed E-state index contributed by atoms with van der Waals surface area (Å²) in [4.78, 5) is 30.6. The molecule has 0 radical (unpaired) electrons. The van der Waals surface area contributed by atoms with E-state index in [2.05, 4.69) is 15.1 Å². The van der Waals surface area contributed by atoms with Crippen molar-refractivity contribution in [1.82, 2.24) is 19.7 Å². The van der Waals surface area contributed by atoms with E-state index in [0.29, 0.717) is 16.8 Å². The van der Waals surface area contributed by atoms with Crippen molar-refractivity contribution in [2.75, 3.05) is 0 Å². The van der Waals surface area contributed by atoms with Crippen molar-refractivity contribution in [3.8, 4) is 28.3 Å². The van der Waals surface area contributed by atoms with Crippen LogP contribution in [-0.2, 0) is 0 Å². The van der Waals surface area contributed by atoms with Gasteiger partial charge in [-0.25, -0.2) is 9.07 Å². The van der Waals surface area contributed by atoms with Gasteiger partial charge in [0.1, 0.15) is 11.5 Å². The summed E-state index contributed by atoms with van der Waals surface area (Å²) in [5.41, 5.74) is 4.79. The van der Waals surface area contributed by atoms with Gasteiger partial charge in [0, 0.05) is 46.9 Å². The normalized spacial score (nSPS) is 11.7. The lowest BCUT2D eigenvalue weighted by atomic mass is 10.0. The van der Waals surface area contributed by atoms with E-state index in [9.17, 15) is 24.6 Å². The fraction of sp³-hybridized carbons (Fsp3) is 0. The first-order chi connectivity index (χ1) is 18.4. The summed E-state index contributed by atoms with van der Waals surface area (Å²) >= 11 is 0. The first-order valence-electron chi connectivity index (χ1n) is 11.3. The zero-order valence-corrected chi connectivity index (χ0v) is 19.4. The summed E-state index contributed by atoms with van der Waals surface area (Å²) in [6.07, 6.45) is 6.86. The quantitative estimate of drug-likeness (QED) is 0.212. The van der Waals surface area contributed by atoms with E-state index >= 15 is 0 Å². The Bertz CT molecular complexity index is 1750. The fourth-order valence-electron chi connectivity index (χ4n) is 4.49. The summed E-state index contributed by atoms with van der Waals surface area (Å²) in [5.74, 6) is -0.421. The van der Waals surface area contributed by atoms with Crippen LogP contribution < -0.4 is 0 Å². The molecule has 5 aromatic rings. The molecule has 0 N–H and O–H groups in total. The second-order valence-corrected chi connectivity index (χ2v) is 8.43. The van der Waals surface area contributed by atoms with E-state index in [1.807, 2.05) is 30.3 Å². The smallest absolute Gasteiger partial charge is 0.258 e. The summed E-state index contributed by atoms with van der Waals surface area (Å²) in [6.45, 7) is 0. The standard InChI is InChI=1S/C27H15FN6O4/c28-18-7-5-16(6-8-18)25-17(13-22-20-3-1-11-29-26(20)27-21(22)4-2-12-30-27)15-32(31-25)23-10-9-19(33(35)36)14-24(23)34(37)38/h1-15H. The van der Waals surface area contributed by atoms with E-state index in [1.54, 1.807) is 30.7 Å². The Morgan fingerprint density at radius 3 is 2.08 bits per heavy atom. The van der Waals surface area contributed by atoms with Gasteiger partial charge in [-0.1, -0.05) is 12.1 Å². The van der Waals surface area contributed by atoms with Crippen LogP contribution >= 0.6 is 0 Å². The number of nitro groups is 2. The minimum atomic E-state index is -0.698. The molecule has 0 spiro atoms. The highest BCUT2D eigenvalue weighted by Crippen LogP contribution is 2.43. The number of non-ortho nitro benzene ring substituents is 1. The van der Waals surface area contributed by atoms with Gasteiger partial charge < -0.3 is 0 Å². The van der Waals surface area contributed by atoms with Gasteiger partial charge >= 0.3 is 5.69 Å². The van der Waals surface area contributed by atoms with Crippen LogP contribution in [0, 0.1) is 26.0 Å². The number of aromatic nitrogens is 4. The van der Waals surface area contributed by atoms with Crippen LogP contribution in [0.4, 0.5) is 15.8 Å². The van der Waals surface area contributed by atoms with Crippen LogP contribution in [0.15, 0.2) is 85.3 Å². The number of pyridine rings is 2. The molecule has 10 nitrogen and oxygen atoms in total. The largest absolute Gasteiger partial charge is 0.301 e. The van der Waals surface area contributed by atoms with E-state index in [1.165, 1.54) is 28.9 Å². The molecule has 0 unspecified atom stereocenters. The minimum absolute atomic E-state index is 0.0455. The van der Waals surface area contributed by atoms with Gasteiger partial charge in [0.25, 0.3) is 5.69 Å². The number of rotatable bonds is 5. The number of halogens is 1. The predicted molar refractivity (Wildman–Crippen MR) is 137 cm³/mol. The predicted octanol–water partition coefficient (Wildman–Crippen LogP) is 5.85. The fourth-order valence-corrected chi connectivity index (χ4v) is 4.49. The molecule has 0 saturated heterocycles. The highest BCUT2D eigenvalue weighted by molar-refractivity contribution is 6.05. The number of fused-ring (bicyclic) bond motifs is 3. The SMILES string of the molecule is O=[N+]([O-])c1ccc(-n2cc(C=C3c4cccnc4-c4ncccc43)c(-c3ccc(F)cc3)n2)c([N+](=O)[O-])c1. The van der Waals surface area contributed by atoms with Crippen LogP contribution in [0.5, 0.6) is 0 Å². The third-order valence-electron chi connectivity index (χ3n) is 6.19. The zero-order valence-electron chi connectivity index (χ0n) is 19.4. The van der Waals surface area contributed by atoms with Crippen molar-refractivity contribution in [2.45, 2.75) is 0 Å². The summed E-state index contributed by atoms with van der Waals surface area (Å²) in [5, 5.41) is 27.6. The Morgan fingerprint density at radius 1 is 0.816 bits per heavy atom. The molecule has 0 bridgehead atoms. The maximum absolute atomic E-state index is 13.7. The topological polar surface area (TPSA) is 130 Å². The Labute approximate surface area is 213 Å². The molecule has 184 valence electrons. The summed E-state index contributed by atoms with van der Waals surface area (Å²) in [7, 11) is 0. The Morgan fingerprint density at radius 2 is 1.47 bits per heavy atom. The average molecular weight is 506 g/mol. The van der Waals surface area contributed by atoms with Crippen LogP contribution in [-0.4, -0.2) is 29.6 Å². The zero-order chi connectivity index (χ0) is 26.4. The van der Waals surface area contributed by atoms with Crippen molar-refractivity contribution in [3.63, 3.8) is 0 Å². The number of nitrogens with zero attached hydrogens (tertiary/aromatic N) is 6. The van der Waals surface area contributed by atoms with Crippen LogP contribution in [0.3, 0.4) is 0 Å². The molecule has 0 fully saturated rings. The van der Waals surface area contributed by atoms with Gasteiger partial charge in [-0.3, -0.25) is 30.2 Å². The Kier molecular flexibility index (Phi) is 5.30. The second kappa shape index (κ2) is 8.82. The molecule has 11 heteroatoms. The maximum atomic E-state index is 13.7. The second-order valence-electron chi connectivity index (χ2n) is 8.43. The maximum Gasteiger partial charge on any atom is 0.301 e. The van der Waals surface area contributed by atoms with Crippen molar-refractivity contribution in [3.05, 3.63) is 128 Å². The molecule has 0 atom stereocenters. The first-order valence-corrected chi connectivity index (χ1v) is 11.3. The molecule has 0 aliphatic heterocycles. The monoisotopic (exact) mass is 506 g/mol. The molecule has 6 rings (SSSR count). The van der Waals surface area contributed by atoms with E-state index in [0.717, 1.165) is 34.2 Å². The molecule has 0 saturated carbocycles. The van der Waals surface area contributed by atoms with Gasteiger partial charge in [-0.05, 0) is 54.1 Å². The van der Waals surface area contributed by atoms with Gasteiger partial charge in [-0.15, -0.1) is 0 Å². The van der Waals surface area contributed by atoms with E-state index < -0.39 is 27.0 Å². The van der Waals surface area contributed by atoms with Gasteiger partial charge in [0.15, 0.2) is 0 Å². The van der Waals surface area contributed by atoms with Crippen LogP contribution in [0.25, 0.3) is 40.0 Å². The van der Waals surface area contributed by atoms with E-state index in [4.69, 9.17) is 0 Å². The highest BCUT2D eigenvalue weighted by Gasteiger charge is 2.27. The highest BCUT2D eigenvalue weighted by atomic mass is 19.1. The first kappa shape index (κ1) is 22.9. The van der Waals surface area contributed by atoms with Crippen LogP contribution in [0.2, 0.25) is 0 Å². The third kappa shape index (κ3) is 3.78. The van der Waals surface area contributed by atoms with Crippen molar-refractivity contribution in [1.29, 1.82) is 0 Å². The van der Waals surface area contributed by atoms with Crippen molar-refractivity contribution < 1.29 is 14.2 Å². The molecule has 1 aliphatic rings. The summed E-state index contributed by atoms with van der Waals surface area (Å²) < 4.78 is 15.0. The molecular formula is C27H15FN6O4. The van der Waals surface area contributed by atoms with Crippen molar-refractivity contribution >= 4 is 23.0 Å². The molecule has 3 heterocycles. The lowest BCUT2D eigenvalue weighted by molar-refractivity contribution is -0.394. The number of nitro benzene ring substituents is 2. The lowest BCUT2D eigenvalue weighted by Crippen LogP contribution is -2.02. The van der Waals surface area contributed by atoms with Crippen molar-refractivity contribution in [2.24, 2.45) is 0 Å². The minimum Gasteiger partial charge on any atom is -0.258 e. The van der Waals surface area contributed by atoms with Gasteiger partial charge in [0.05, 0.1) is 33.0 Å². The van der Waals surface area contributed by atoms with E-state index in [-0.39, 0.29) is 5.69 Å². The number of hydrogen-bond acceptors (Lipinski definition) is 7. The Hall–Kier alpha value is -5.58. The van der Waals surface area contributed by atoms with Crippen LogP contribution in [0.1, 0.15) is 16.7 Å². The lowest BCUT2D eigenvalue weighted by Gasteiger charge is -2.03. The molecule has 0 amide bonds. The number of benzene rings is 2. The molecule has 3 aromatic heterocycles. The number of hydrogen-bond donors (Lipinski definition) is 0.